The molecule has 0 amide bonds. The molecule has 0 radical (unpaired) electrons. The van der Waals surface area contributed by atoms with E-state index in [1.807, 2.05) is 0 Å². The van der Waals surface area contributed by atoms with Crippen molar-refractivity contribution in [1.29, 1.82) is 0 Å². The summed E-state index contributed by atoms with van der Waals surface area (Å²) in [5.41, 5.74) is -0.793. The highest BCUT2D eigenvalue weighted by molar-refractivity contribution is 5.96. The molecular formula is C12H16O3. The van der Waals surface area contributed by atoms with Crippen molar-refractivity contribution in [3.63, 3.8) is 0 Å². The van der Waals surface area contributed by atoms with Crippen molar-refractivity contribution in [1.82, 2.24) is 0 Å². The fourth-order valence-corrected chi connectivity index (χ4v) is 1.70. The zero-order valence-electron chi connectivity index (χ0n) is 9.16. The van der Waals surface area contributed by atoms with Gasteiger partial charge in [-0.15, -0.1) is 6.58 Å². The average molecular weight is 208 g/mol. The Bertz CT molecular complexity index is 317. The molecule has 0 spiro atoms. The summed E-state index contributed by atoms with van der Waals surface area (Å²) >= 11 is 0. The van der Waals surface area contributed by atoms with Crippen LogP contribution in [0.4, 0.5) is 0 Å². The molecule has 1 aliphatic rings. The van der Waals surface area contributed by atoms with Crippen molar-refractivity contribution in [2.75, 3.05) is 0 Å². The number of ether oxygens (including phenoxy) is 1. The first-order valence-corrected chi connectivity index (χ1v) is 5.09. The van der Waals surface area contributed by atoms with E-state index < -0.39 is 5.60 Å². The lowest BCUT2D eigenvalue weighted by Gasteiger charge is -2.28. The van der Waals surface area contributed by atoms with Crippen molar-refractivity contribution in [2.24, 2.45) is 5.92 Å². The second-order valence-corrected chi connectivity index (χ2v) is 3.82. The van der Waals surface area contributed by atoms with Gasteiger partial charge >= 0.3 is 5.97 Å². The molecule has 0 N–H and O–H groups in total. The van der Waals surface area contributed by atoms with E-state index in [2.05, 4.69) is 6.58 Å². The van der Waals surface area contributed by atoms with Gasteiger partial charge in [-0.2, -0.15) is 0 Å². The predicted octanol–water partition coefficient (Wildman–Crippen LogP) is 2.03. The highest BCUT2D eigenvalue weighted by Crippen LogP contribution is 2.33. The molecule has 0 heterocycles. The minimum atomic E-state index is -0.793. The van der Waals surface area contributed by atoms with E-state index in [1.54, 1.807) is 26.0 Å². The minimum absolute atomic E-state index is 0.00121. The van der Waals surface area contributed by atoms with Crippen LogP contribution in [0.15, 0.2) is 24.8 Å². The monoisotopic (exact) mass is 208 g/mol. The van der Waals surface area contributed by atoms with Gasteiger partial charge in [-0.1, -0.05) is 13.0 Å². The smallest absolute Gasteiger partial charge is 0.306 e. The number of rotatable bonds is 4. The topological polar surface area (TPSA) is 43.4 Å². The number of carbonyl (C=O) groups excluding carboxylic acids is 2. The Labute approximate surface area is 89.8 Å². The maximum atomic E-state index is 11.5. The third-order valence-electron chi connectivity index (χ3n) is 2.64. The van der Waals surface area contributed by atoms with Gasteiger partial charge in [0.15, 0.2) is 5.78 Å². The second kappa shape index (κ2) is 4.43. The first-order chi connectivity index (χ1) is 7.03. The van der Waals surface area contributed by atoms with Gasteiger partial charge in [0, 0.05) is 6.42 Å². The zero-order valence-corrected chi connectivity index (χ0v) is 9.16. The normalized spacial score (nSPS) is 29.2. The molecular weight excluding hydrogens is 192 g/mol. The molecule has 0 fully saturated rings. The fourth-order valence-electron chi connectivity index (χ4n) is 1.70. The number of hydrogen-bond donors (Lipinski definition) is 0. The van der Waals surface area contributed by atoms with E-state index in [0.29, 0.717) is 12.8 Å². The van der Waals surface area contributed by atoms with Crippen molar-refractivity contribution in [3.8, 4) is 0 Å². The minimum Gasteiger partial charge on any atom is -0.454 e. The maximum absolute atomic E-state index is 11.5. The molecule has 0 bridgehead atoms. The van der Waals surface area contributed by atoms with Gasteiger partial charge in [-0.3, -0.25) is 9.59 Å². The first kappa shape index (κ1) is 11.7. The maximum Gasteiger partial charge on any atom is 0.306 e. The largest absolute Gasteiger partial charge is 0.454 e. The molecule has 0 aromatic carbocycles. The van der Waals surface area contributed by atoms with Gasteiger partial charge < -0.3 is 4.74 Å². The fraction of sp³-hybridized carbons (Fsp3) is 0.500. The number of allylic oxidation sites excluding steroid dienone is 2. The SMILES string of the molecule is C=CCC1C(=O)C=CC1(C)OC(=O)CC. The molecule has 2 atom stereocenters. The van der Waals surface area contributed by atoms with Crippen LogP contribution in [0, 0.1) is 5.92 Å². The number of carbonyl (C=O) groups is 2. The molecule has 0 aromatic heterocycles. The van der Waals surface area contributed by atoms with Crippen LogP contribution in [0.2, 0.25) is 0 Å². The molecule has 3 nitrogen and oxygen atoms in total. The van der Waals surface area contributed by atoms with Crippen LogP contribution in [0.3, 0.4) is 0 Å². The van der Waals surface area contributed by atoms with Crippen LogP contribution in [0.25, 0.3) is 0 Å². The summed E-state index contributed by atoms with van der Waals surface area (Å²) in [6.07, 6.45) is 5.67. The lowest BCUT2D eigenvalue weighted by atomic mass is 9.88. The van der Waals surface area contributed by atoms with Gasteiger partial charge in [0.1, 0.15) is 5.60 Å². The lowest BCUT2D eigenvalue weighted by molar-refractivity contribution is -0.157. The van der Waals surface area contributed by atoms with Gasteiger partial charge in [0.2, 0.25) is 0 Å². The molecule has 2 unspecified atom stereocenters. The van der Waals surface area contributed by atoms with E-state index >= 15 is 0 Å². The second-order valence-electron chi connectivity index (χ2n) is 3.82. The van der Waals surface area contributed by atoms with Gasteiger partial charge in [0.05, 0.1) is 5.92 Å². The highest BCUT2D eigenvalue weighted by Gasteiger charge is 2.42. The number of ketones is 1. The molecule has 0 saturated heterocycles. The Morgan fingerprint density at radius 1 is 1.73 bits per heavy atom. The molecule has 1 aliphatic carbocycles. The van der Waals surface area contributed by atoms with Crippen LogP contribution in [0.1, 0.15) is 26.7 Å². The van der Waals surface area contributed by atoms with E-state index in [0.717, 1.165) is 0 Å². The van der Waals surface area contributed by atoms with E-state index in [9.17, 15) is 9.59 Å². The standard InChI is InChI=1S/C12H16O3/c1-4-6-9-10(13)7-8-12(9,3)15-11(14)5-2/h4,7-9H,1,5-6H2,2-3H3. The molecule has 0 saturated carbocycles. The van der Waals surface area contributed by atoms with E-state index in [-0.39, 0.29) is 17.7 Å². The van der Waals surface area contributed by atoms with E-state index in [1.165, 1.54) is 6.08 Å². The summed E-state index contributed by atoms with van der Waals surface area (Å²) in [7, 11) is 0. The van der Waals surface area contributed by atoms with Crippen LogP contribution < -0.4 is 0 Å². The van der Waals surface area contributed by atoms with E-state index in [4.69, 9.17) is 4.74 Å². The molecule has 82 valence electrons. The lowest BCUT2D eigenvalue weighted by Crippen LogP contribution is -2.37. The third kappa shape index (κ3) is 2.35. The van der Waals surface area contributed by atoms with Gasteiger partial charge in [-0.25, -0.2) is 0 Å². The van der Waals surface area contributed by atoms with Crippen molar-refractivity contribution < 1.29 is 14.3 Å². The molecule has 0 aromatic rings. The Morgan fingerprint density at radius 3 is 2.93 bits per heavy atom. The molecule has 0 aliphatic heterocycles. The molecule has 3 heteroatoms. The average Bonchev–Trinajstić information content (AvgIpc) is 2.46. The third-order valence-corrected chi connectivity index (χ3v) is 2.64. The van der Waals surface area contributed by atoms with Crippen LogP contribution >= 0.6 is 0 Å². The first-order valence-electron chi connectivity index (χ1n) is 5.09. The van der Waals surface area contributed by atoms with Gasteiger partial charge in [-0.05, 0) is 25.5 Å². The van der Waals surface area contributed by atoms with Crippen molar-refractivity contribution >= 4 is 11.8 Å². The Hall–Kier alpha value is -1.38. The highest BCUT2D eigenvalue weighted by atomic mass is 16.6. The van der Waals surface area contributed by atoms with Crippen LogP contribution in [0.5, 0.6) is 0 Å². The van der Waals surface area contributed by atoms with Crippen LogP contribution in [-0.4, -0.2) is 17.4 Å². The summed E-state index contributed by atoms with van der Waals surface area (Å²) in [6.45, 7) is 7.09. The Morgan fingerprint density at radius 2 is 2.40 bits per heavy atom. The van der Waals surface area contributed by atoms with Crippen LogP contribution in [-0.2, 0) is 14.3 Å². The summed E-state index contributed by atoms with van der Waals surface area (Å²) in [5.74, 6) is -0.599. The molecule has 15 heavy (non-hydrogen) atoms. The zero-order chi connectivity index (χ0) is 11.5. The predicted molar refractivity (Wildman–Crippen MR) is 57.2 cm³/mol. The summed E-state index contributed by atoms with van der Waals surface area (Å²) in [5, 5.41) is 0. The Kier molecular flexibility index (Phi) is 3.45. The van der Waals surface area contributed by atoms with Gasteiger partial charge in [0.25, 0.3) is 0 Å². The number of hydrogen-bond acceptors (Lipinski definition) is 3. The molecule has 1 rings (SSSR count). The summed E-state index contributed by atoms with van der Waals surface area (Å²) in [4.78, 5) is 22.8. The quantitative estimate of drug-likeness (QED) is 0.524. The summed E-state index contributed by atoms with van der Waals surface area (Å²) in [6, 6.07) is 0. The number of esters is 1. The summed E-state index contributed by atoms with van der Waals surface area (Å²) < 4.78 is 5.29. The van der Waals surface area contributed by atoms with Crippen molar-refractivity contribution in [3.05, 3.63) is 24.8 Å². The van der Waals surface area contributed by atoms with Crippen molar-refractivity contribution in [2.45, 2.75) is 32.3 Å². The Balaban J connectivity index is 2.81.